The van der Waals surface area contributed by atoms with Gasteiger partial charge in [-0.3, -0.25) is 0 Å². The minimum atomic E-state index is -0.303. The lowest BCUT2D eigenvalue weighted by Gasteiger charge is -1.98. The Morgan fingerprint density at radius 1 is 1.30 bits per heavy atom. The van der Waals surface area contributed by atoms with Gasteiger partial charge in [0.05, 0.1) is 17.6 Å². The zero-order chi connectivity index (χ0) is 15.6. The number of benzene rings is 1. The van der Waals surface area contributed by atoms with Gasteiger partial charge in [-0.05, 0) is 24.6 Å². The summed E-state index contributed by atoms with van der Waals surface area (Å²) in [6.07, 6.45) is 0.912. The van der Waals surface area contributed by atoms with Crippen LogP contribution in [0.3, 0.4) is 0 Å². The molecule has 1 aromatic carbocycles. The van der Waals surface area contributed by atoms with Crippen LogP contribution in [-0.4, -0.2) is 33.3 Å². The number of aromatic nitrogens is 4. The van der Waals surface area contributed by atoms with Crippen LogP contribution >= 0.6 is 0 Å². The summed E-state index contributed by atoms with van der Waals surface area (Å²) in [5.74, 6) is 1.62. The fourth-order valence-corrected chi connectivity index (χ4v) is 2.57. The minimum Gasteiger partial charge on any atom is -0.381 e. The van der Waals surface area contributed by atoms with E-state index in [4.69, 9.17) is 14.0 Å². The standard InChI is InChI=1S/C15H15FN4O3/c16-10-1-2-11-12(5-10)18-13(17-11)7-22-8-14-19-15(20-23-14)9-3-4-21-6-9/h1-2,5,9H,3-4,6-8H2,(H,17,18)/t9-/m0/s1. The first-order valence-corrected chi connectivity index (χ1v) is 7.40. The highest BCUT2D eigenvalue weighted by Crippen LogP contribution is 2.22. The number of imidazole rings is 1. The zero-order valence-electron chi connectivity index (χ0n) is 12.3. The second kappa shape index (κ2) is 6.05. The maximum absolute atomic E-state index is 13.1. The maximum atomic E-state index is 13.1. The van der Waals surface area contributed by atoms with Crippen LogP contribution in [0.5, 0.6) is 0 Å². The summed E-state index contributed by atoms with van der Waals surface area (Å²) in [6, 6.07) is 4.40. The molecule has 1 aliphatic rings. The summed E-state index contributed by atoms with van der Waals surface area (Å²) in [4.78, 5) is 11.7. The molecule has 1 aliphatic heterocycles. The quantitative estimate of drug-likeness (QED) is 0.777. The Balaban J connectivity index is 1.35. The summed E-state index contributed by atoms with van der Waals surface area (Å²) in [5.41, 5.74) is 1.34. The molecule has 0 saturated carbocycles. The van der Waals surface area contributed by atoms with Crippen LogP contribution < -0.4 is 0 Å². The summed E-state index contributed by atoms with van der Waals surface area (Å²) >= 11 is 0. The molecule has 1 fully saturated rings. The fraction of sp³-hybridized carbons (Fsp3) is 0.400. The number of nitrogens with one attached hydrogen (secondary N) is 1. The first-order chi connectivity index (χ1) is 11.3. The van der Waals surface area contributed by atoms with Gasteiger partial charge in [-0.2, -0.15) is 4.98 Å². The van der Waals surface area contributed by atoms with Crippen molar-refractivity contribution in [2.24, 2.45) is 0 Å². The van der Waals surface area contributed by atoms with Gasteiger partial charge in [0.25, 0.3) is 5.89 Å². The van der Waals surface area contributed by atoms with Crippen molar-refractivity contribution in [1.29, 1.82) is 0 Å². The highest BCUT2D eigenvalue weighted by atomic mass is 19.1. The number of nitrogens with zero attached hydrogens (tertiary/aromatic N) is 3. The van der Waals surface area contributed by atoms with Crippen molar-refractivity contribution in [3.05, 3.63) is 41.6 Å². The van der Waals surface area contributed by atoms with E-state index in [1.165, 1.54) is 12.1 Å². The molecule has 0 unspecified atom stereocenters. The van der Waals surface area contributed by atoms with Crippen molar-refractivity contribution in [3.8, 4) is 0 Å². The summed E-state index contributed by atoms with van der Waals surface area (Å²) in [6.45, 7) is 1.82. The molecule has 1 atom stereocenters. The number of halogens is 1. The molecule has 7 nitrogen and oxygen atoms in total. The van der Waals surface area contributed by atoms with Gasteiger partial charge in [-0.25, -0.2) is 9.37 Å². The van der Waals surface area contributed by atoms with E-state index in [9.17, 15) is 4.39 Å². The van der Waals surface area contributed by atoms with Crippen LogP contribution in [0.15, 0.2) is 22.7 Å². The molecule has 0 radical (unpaired) electrons. The largest absolute Gasteiger partial charge is 0.381 e. The lowest BCUT2D eigenvalue weighted by Crippen LogP contribution is -2.01. The van der Waals surface area contributed by atoms with Crippen molar-refractivity contribution in [3.63, 3.8) is 0 Å². The molecule has 4 rings (SSSR count). The summed E-state index contributed by atoms with van der Waals surface area (Å²) < 4.78 is 29.1. The third kappa shape index (κ3) is 3.08. The summed E-state index contributed by atoms with van der Waals surface area (Å²) in [5, 5.41) is 3.96. The normalized spacial score (nSPS) is 18.0. The van der Waals surface area contributed by atoms with Crippen LogP contribution in [-0.2, 0) is 22.7 Å². The van der Waals surface area contributed by atoms with Gasteiger partial charge < -0.3 is 19.0 Å². The number of H-pyrrole nitrogens is 1. The predicted molar refractivity (Wildman–Crippen MR) is 77.0 cm³/mol. The number of rotatable bonds is 5. The molecule has 23 heavy (non-hydrogen) atoms. The van der Waals surface area contributed by atoms with Crippen LogP contribution in [0.4, 0.5) is 4.39 Å². The van der Waals surface area contributed by atoms with Crippen molar-refractivity contribution < 1.29 is 18.4 Å². The molecule has 3 heterocycles. The molecule has 0 bridgehead atoms. The van der Waals surface area contributed by atoms with Crippen molar-refractivity contribution in [1.82, 2.24) is 20.1 Å². The van der Waals surface area contributed by atoms with Gasteiger partial charge >= 0.3 is 0 Å². The van der Waals surface area contributed by atoms with E-state index < -0.39 is 0 Å². The van der Waals surface area contributed by atoms with E-state index in [1.54, 1.807) is 6.07 Å². The van der Waals surface area contributed by atoms with Crippen molar-refractivity contribution >= 4 is 11.0 Å². The maximum Gasteiger partial charge on any atom is 0.252 e. The van der Waals surface area contributed by atoms with Crippen molar-refractivity contribution in [2.45, 2.75) is 25.6 Å². The van der Waals surface area contributed by atoms with E-state index >= 15 is 0 Å². The average Bonchev–Trinajstić information content (AvgIpc) is 3.26. The van der Waals surface area contributed by atoms with Gasteiger partial charge in [-0.1, -0.05) is 5.16 Å². The second-order valence-electron chi connectivity index (χ2n) is 5.44. The van der Waals surface area contributed by atoms with Crippen LogP contribution in [0.2, 0.25) is 0 Å². The summed E-state index contributed by atoms with van der Waals surface area (Å²) in [7, 11) is 0. The molecular weight excluding hydrogens is 303 g/mol. The SMILES string of the molecule is Fc1ccc2nc(COCc3nc([C@H]4CCOC4)no3)[nH]c2c1. The predicted octanol–water partition coefficient (Wildman–Crippen LogP) is 2.31. The Labute approximate surface area is 130 Å². The number of fused-ring (bicyclic) bond motifs is 1. The van der Waals surface area contributed by atoms with Gasteiger partial charge in [-0.15, -0.1) is 0 Å². The highest BCUT2D eigenvalue weighted by Gasteiger charge is 2.23. The van der Waals surface area contributed by atoms with Gasteiger partial charge in [0, 0.05) is 12.5 Å². The topological polar surface area (TPSA) is 86.1 Å². The molecule has 8 heteroatoms. The Morgan fingerprint density at radius 3 is 3.13 bits per heavy atom. The van der Waals surface area contributed by atoms with E-state index in [0.29, 0.717) is 35.2 Å². The fourth-order valence-electron chi connectivity index (χ4n) is 2.57. The monoisotopic (exact) mass is 318 g/mol. The third-order valence-corrected chi connectivity index (χ3v) is 3.74. The third-order valence-electron chi connectivity index (χ3n) is 3.74. The number of hydrogen-bond donors (Lipinski definition) is 1. The van der Waals surface area contributed by atoms with Crippen LogP contribution in [0.25, 0.3) is 11.0 Å². The van der Waals surface area contributed by atoms with E-state index in [-0.39, 0.29) is 24.9 Å². The smallest absolute Gasteiger partial charge is 0.252 e. The molecule has 2 aromatic heterocycles. The Hall–Kier alpha value is -2.32. The molecular formula is C15H15FN4O3. The average molecular weight is 318 g/mol. The van der Waals surface area contributed by atoms with Crippen molar-refractivity contribution in [2.75, 3.05) is 13.2 Å². The molecule has 0 spiro atoms. The Kier molecular flexibility index (Phi) is 3.76. The molecule has 0 aliphatic carbocycles. The molecule has 120 valence electrons. The first kappa shape index (κ1) is 14.3. The number of hydrogen-bond acceptors (Lipinski definition) is 6. The van der Waals surface area contributed by atoms with Crippen LogP contribution in [0, 0.1) is 5.82 Å². The van der Waals surface area contributed by atoms with Crippen LogP contribution in [0.1, 0.15) is 29.9 Å². The Bertz CT molecular complexity index is 810. The second-order valence-corrected chi connectivity index (χ2v) is 5.44. The highest BCUT2D eigenvalue weighted by molar-refractivity contribution is 5.74. The van der Waals surface area contributed by atoms with E-state index in [1.807, 2.05) is 0 Å². The number of aromatic amines is 1. The van der Waals surface area contributed by atoms with Gasteiger partial charge in [0.2, 0.25) is 0 Å². The van der Waals surface area contributed by atoms with Gasteiger partial charge in [0.15, 0.2) is 5.82 Å². The first-order valence-electron chi connectivity index (χ1n) is 7.40. The van der Waals surface area contributed by atoms with Gasteiger partial charge in [0.1, 0.15) is 24.9 Å². The molecule has 3 aromatic rings. The Morgan fingerprint density at radius 2 is 2.26 bits per heavy atom. The zero-order valence-corrected chi connectivity index (χ0v) is 12.3. The molecule has 1 saturated heterocycles. The lowest BCUT2D eigenvalue weighted by molar-refractivity contribution is 0.0811. The molecule has 0 amide bonds. The lowest BCUT2D eigenvalue weighted by atomic mass is 10.1. The van der Waals surface area contributed by atoms with E-state index in [0.717, 1.165) is 13.0 Å². The van der Waals surface area contributed by atoms with E-state index in [2.05, 4.69) is 20.1 Å². The number of ether oxygens (including phenoxy) is 2. The molecule has 1 N–H and O–H groups in total. The minimum absolute atomic E-state index is 0.200.